The fraction of sp³-hybridized carbons (Fsp3) is 0.0556. The molecule has 0 radical (unpaired) electrons. The molecule has 0 unspecified atom stereocenters. The molecule has 3 N–H and O–H groups in total. The van der Waals surface area contributed by atoms with Crippen LogP contribution in [0.1, 0.15) is 0 Å². The molecule has 0 saturated carbocycles. The fourth-order valence-electron chi connectivity index (χ4n) is 2.71. The summed E-state index contributed by atoms with van der Waals surface area (Å²) in [5.74, 6) is 1.30. The van der Waals surface area contributed by atoms with E-state index in [1.54, 1.807) is 19.5 Å². The van der Waals surface area contributed by atoms with E-state index in [-0.39, 0.29) is 0 Å². The van der Waals surface area contributed by atoms with Crippen molar-refractivity contribution in [3.05, 3.63) is 54.9 Å². The van der Waals surface area contributed by atoms with Gasteiger partial charge in [-0.2, -0.15) is 5.10 Å². The largest absolute Gasteiger partial charge is 0.497 e. The molecule has 1 aromatic carbocycles. The molecule has 6 heteroatoms. The molecule has 24 heavy (non-hydrogen) atoms. The van der Waals surface area contributed by atoms with Gasteiger partial charge in [0.2, 0.25) is 0 Å². The van der Waals surface area contributed by atoms with Crippen molar-refractivity contribution in [3.63, 3.8) is 0 Å². The molecule has 0 atom stereocenters. The Bertz CT molecular complexity index is 993. The number of aromatic amines is 1. The Morgan fingerprint density at radius 1 is 1.08 bits per heavy atom. The third kappa shape index (κ3) is 2.34. The van der Waals surface area contributed by atoms with Crippen LogP contribution in [0.2, 0.25) is 0 Å². The van der Waals surface area contributed by atoms with Gasteiger partial charge in [0, 0.05) is 18.0 Å². The first kappa shape index (κ1) is 14.2. The maximum atomic E-state index is 6.06. The van der Waals surface area contributed by atoms with Crippen molar-refractivity contribution in [2.75, 3.05) is 12.8 Å². The highest BCUT2D eigenvalue weighted by molar-refractivity contribution is 6.01. The van der Waals surface area contributed by atoms with Crippen molar-refractivity contribution in [1.82, 2.24) is 20.2 Å². The number of fused-ring (bicyclic) bond motifs is 1. The van der Waals surface area contributed by atoms with E-state index in [1.807, 2.05) is 42.5 Å². The molecule has 0 bridgehead atoms. The highest BCUT2D eigenvalue weighted by Gasteiger charge is 2.14. The van der Waals surface area contributed by atoms with E-state index in [9.17, 15) is 0 Å². The number of H-pyrrole nitrogens is 1. The van der Waals surface area contributed by atoms with Crippen molar-refractivity contribution in [1.29, 1.82) is 0 Å². The molecule has 0 spiro atoms. The second-order valence-corrected chi connectivity index (χ2v) is 5.36. The number of nitrogens with one attached hydrogen (secondary N) is 1. The summed E-state index contributed by atoms with van der Waals surface area (Å²) < 4.78 is 5.23. The van der Waals surface area contributed by atoms with Gasteiger partial charge in [0.05, 0.1) is 18.2 Å². The molecule has 6 nitrogen and oxygen atoms in total. The number of aromatic nitrogens is 4. The number of methoxy groups -OCH3 is 1. The average molecular weight is 317 g/mol. The second-order valence-electron chi connectivity index (χ2n) is 5.36. The SMILES string of the molecule is COc1ccc(-c2cc(-c3cccnc3)nc3n[nH]c(N)c23)cc1. The zero-order chi connectivity index (χ0) is 16.5. The Morgan fingerprint density at radius 2 is 1.92 bits per heavy atom. The number of hydrogen-bond acceptors (Lipinski definition) is 5. The summed E-state index contributed by atoms with van der Waals surface area (Å²) in [4.78, 5) is 8.76. The smallest absolute Gasteiger partial charge is 0.184 e. The van der Waals surface area contributed by atoms with Gasteiger partial charge in [-0.1, -0.05) is 12.1 Å². The molecule has 0 aliphatic rings. The summed E-state index contributed by atoms with van der Waals surface area (Å²) in [7, 11) is 1.65. The quantitative estimate of drug-likeness (QED) is 0.605. The van der Waals surface area contributed by atoms with Gasteiger partial charge >= 0.3 is 0 Å². The van der Waals surface area contributed by atoms with E-state index in [2.05, 4.69) is 20.2 Å². The van der Waals surface area contributed by atoms with Gasteiger partial charge in [-0.3, -0.25) is 10.1 Å². The number of nitrogens with zero attached hydrogens (tertiary/aromatic N) is 3. The summed E-state index contributed by atoms with van der Waals surface area (Å²) >= 11 is 0. The van der Waals surface area contributed by atoms with Crippen molar-refractivity contribution in [2.45, 2.75) is 0 Å². The molecule has 4 aromatic rings. The average Bonchev–Trinajstić information content (AvgIpc) is 3.03. The van der Waals surface area contributed by atoms with Crippen LogP contribution < -0.4 is 10.5 Å². The molecule has 118 valence electrons. The van der Waals surface area contributed by atoms with Crippen LogP contribution in [-0.2, 0) is 0 Å². The van der Waals surface area contributed by atoms with Crippen LogP contribution in [-0.4, -0.2) is 27.3 Å². The summed E-state index contributed by atoms with van der Waals surface area (Å²) in [6, 6.07) is 13.7. The third-order valence-corrected chi connectivity index (χ3v) is 3.91. The van der Waals surface area contributed by atoms with Crippen LogP contribution in [0.3, 0.4) is 0 Å². The minimum Gasteiger partial charge on any atom is -0.497 e. The van der Waals surface area contributed by atoms with Gasteiger partial charge in [0.1, 0.15) is 11.6 Å². The lowest BCUT2D eigenvalue weighted by Crippen LogP contribution is -1.91. The number of rotatable bonds is 3. The standard InChI is InChI=1S/C18H15N5O/c1-24-13-6-4-11(5-7-13)14-9-15(12-3-2-8-20-10-12)21-18-16(14)17(19)22-23-18/h2-10H,1H3,(H3,19,21,22,23). The molecule has 4 rings (SSSR count). The van der Waals surface area contributed by atoms with E-state index in [1.165, 1.54) is 0 Å². The Balaban J connectivity index is 1.96. The molecular formula is C18H15N5O. The van der Waals surface area contributed by atoms with Crippen LogP contribution in [0.4, 0.5) is 5.82 Å². The van der Waals surface area contributed by atoms with Gasteiger partial charge in [-0.15, -0.1) is 0 Å². The fourth-order valence-corrected chi connectivity index (χ4v) is 2.71. The zero-order valence-corrected chi connectivity index (χ0v) is 13.0. The van der Waals surface area contributed by atoms with Crippen molar-refractivity contribution < 1.29 is 4.74 Å². The topological polar surface area (TPSA) is 89.7 Å². The van der Waals surface area contributed by atoms with Crippen LogP contribution >= 0.6 is 0 Å². The summed E-state index contributed by atoms with van der Waals surface area (Å²) in [5.41, 5.74) is 10.4. The number of hydrogen-bond donors (Lipinski definition) is 2. The first-order valence-electron chi connectivity index (χ1n) is 7.45. The Kier molecular flexibility index (Phi) is 3.35. The molecule has 0 aliphatic heterocycles. The monoisotopic (exact) mass is 317 g/mol. The molecule has 0 fully saturated rings. The Morgan fingerprint density at radius 3 is 2.62 bits per heavy atom. The maximum absolute atomic E-state index is 6.06. The van der Waals surface area contributed by atoms with Crippen LogP contribution in [0.25, 0.3) is 33.4 Å². The zero-order valence-electron chi connectivity index (χ0n) is 13.0. The molecule has 0 saturated heterocycles. The first-order valence-corrected chi connectivity index (χ1v) is 7.45. The van der Waals surface area contributed by atoms with Crippen molar-refractivity contribution >= 4 is 16.9 Å². The van der Waals surface area contributed by atoms with Crippen LogP contribution in [0.5, 0.6) is 5.75 Å². The number of pyridine rings is 2. The van der Waals surface area contributed by atoms with Gasteiger partial charge in [0.15, 0.2) is 5.65 Å². The third-order valence-electron chi connectivity index (χ3n) is 3.91. The minimum atomic E-state index is 0.501. The minimum absolute atomic E-state index is 0.501. The second kappa shape index (κ2) is 5.66. The van der Waals surface area contributed by atoms with E-state index in [0.29, 0.717) is 11.5 Å². The molecule has 3 aromatic heterocycles. The Labute approximate surface area is 138 Å². The number of nitrogens with two attached hydrogens (primary N) is 1. The molecule has 3 heterocycles. The van der Waals surface area contributed by atoms with E-state index < -0.39 is 0 Å². The first-order chi connectivity index (χ1) is 11.8. The molecule has 0 aliphatic carbocycles. The van der Waals surface area contributed by atoms with E-state index >= 15 is 0 Å². The normalized spacial score (nSPS) is 10.9. The highest BCUT2D eigenvalue weighted by Crippen LogP contribution is 2.34. The van der Waals surface area contributed by atoms with E-state index in [4.69, 9.17) is 10.5 Å². The maximum Gasteiger partial charge on any atom is 0.184 e. The van der Waals surface area contributed by atoms with Gasteiger partial charge in [-0.05, 0) is 41.5 Å². The molecular weight excluding hydrogens is 302 g/mol. The molecule has 0 amide bonds. The van der Waals surface area contributed by atoms with Crippen LogP contribution in [0.15, 0.2) is 54.9 Å². The lowest BCUT2D eigenvalue weighted by molar-refractivity contribution is 0.415. The van der Waals surface area contributed by atoms with Crippen molar-refractivity contribution in [3.8, 4) is 28.1 Å². The number of ether oxygens (including phenoxy) is 1. The predicted molar refractivity (Wildman–Crippen MR) is 93.5 cm³/mol. The number of nitrogen functional groups attached to an aromatic ring is 1. The van der Waals surface area contributed by atoms with Gasteiger partial charge in [0.25, 0.3) is 0 Å². The summed E-state index contributed by atoms with van der Waals surface area (Å²) in [5, 5.41) is 7.84. The lowest BCUT2D eigenvalue weighted by Gasteiger charge is -2.08. The summed E-state index contributed by atoms with van der Waals surface area (Å²) in [6.45, 7) is 0. The number of benzene rings is 1. The predicted octanol–water partition coefficient (Wildman–Crippen LogP) is 3.28. The van der Waals surface area contributed by atoms with Crippen molar-refractivity contribution in [2.24, 2.45) is 0 Å². The van der Waals surface area contributed by atoms with Gasteiger partial charge in [-0.25, -0.2) is 4.98 Å². The van der Waals surface area contributed by atoms with Crippen LogP contribution in [0, 0.1) is 0 Å². The van der Waals surface area contributed by atoms with Gasteiger partial charge < -0.3 is 10.5 Å². The lowest BCUT2D eigenvalue weighted by atomic mass is 10.0. The number of anilines is 1. The highest BCUT2D eigenvalue weighted by atomic mass is 16.5. The summed E-state index contributed by atoms with van der Waals surface area (Å²) in [6.07, 6.45) is 3.51. The Hall–Kier alpha value is -3.41. The van der Waals surface area contributed by atoms with E-state index in [0.717, 1.165) is 33.5 Å².